The summed E-state index contributed by atoms with van der Waals surface area (Å²) in [6, 6.07) is 10.6. The van der Waals surface area contributed by atoms with Crippen LogP contribution in [0.4, 0.5) is 0 Å². The third-order valence-corrected chi connectivity index (χ3v) is 4.33. The average Bonchev–Trinajstić information content (AvgIpc) is 2.87. The van der Waals surface area contributed by atoms with Crippen LogP contribution < -0.4 is 0 Å². The second-order valence-electron chi connectivity index (χ2n) is 5.93. The summed E-state index contributed by atoms with van der Waals surface area (Å²) in [4.78, 5) is 4.88. The summed E-state index contributed by atoms with van der Waals surface area (Å²) in [6.45, 7) is 2.74. The average molecular weight is 267 g/mol. The Bertz CT molecular complexity index is 629. The molecule has 1 atom stereocenters. The number of nitrogens with zero attached hydrogens (tertiary/aromatic N) is 3. The number of aromatic nitrogens is 2. The Morgan fingerprint density at radius 2 is 2.05 bits per heavy atom. The molecule has 1 aromatic heterocycles. The van der Waals surface area contributed by atoms with E-state index in [2.05, 4.69) is 28.8 Å². The molecule has 1 heterocycles. The molecule has 2 aromatic rings. The lowest BCUT2D eigenvalue weighted by Gasteiger charge is -2.22. The van der Waals surface area contributed by atoms with E-state index in [-0.39, 0.29) is 5.92 Å². The molecule has 20 heavy (non-hydrogen) atoms. The summed E-state index contributed by atoms with van der Waals surface area (Å²) < 4.78 is 2.29. The molecule has 0 aliphatic heterocycles. The highest BCUT2D eigenvalue weighted by molar-refractivity contribution is 5.76. The largest absolute Gasteiger partial charge is 0.326 e. The number of para-hydroxylation sites is 2. The molecule has 3 heteroatoms. The van der Waals surface area contributed by atoms with Crippen molar-refractivity contribution in [2.75, 3.05) is 0 Å². The van der Waals surface area contributed by atoms with Crippen LogP contribution in [0.5, 0.6) is 0 Å². The lowest BCUT2D eigenvalue weighted by molar-refractivity contribution is 0.411. The first kappa shape index (κ1) is 13.2. The predicted molar refractivity (Wildman–Crippen MR) is 80.3 cm³/mol. The van der Waals surface area contributed by atoms with Crippen molar-refractivity contribution in [1.29, 1.82) is 5.26 Å². The van der Waals surface area contributed by atoms with E-state index in [1.807, 2.05) is 13.0 Å². The van der Waals surface area contributed by atoms with Gasteiger partial charge in [0.05, 0.1) is 23.0 Å². The van der Waals surface area contributed by atoms with Crippen LogP contribution in [0.25, 0.3) is 11.0 Å². The van der Waals surface area contributed by atoms with Gasteiger partial charge < -0.3 is 4.57 Å². The van der Waals surface area contributed by atoms with Crippen LogP contribution in [0.1, 0.15) is 50.8 Å². The van der Waals surface area contributed by atoms with Crippen molar-refractivity contribution < 1.29 is 0 Å². The highest BCUT2D eigenvalue weighted by Gasteiger charge is 2.22. The molecule has 0 bridgehead atoms. The van der Waals surface area contributed by atoms with Crippen molar-refractivity contribution in [1.82, 2.24) is 9.55 Å². The van der Waals surface area contributed by atoms with E-state index in [4.69, 9.17) is 10.2 Å². The Hall–Kier alpha value is -1.82. The lowest BCUT2D eigenvalue weighted by atomic mass is 9.88. The minimum atomic E-state index is 0.0231. The fourth-order valence-corrected chi connectivity index (χ4v) is 3.27. The summed E-state index contributed by atoms with van der Waals surface area (Å²) in [6.07, 6.45) is 6.45. The van der Waals surface area contributed by atoms with Gasteiger partial charge in [0, 0.05) is 12.5 Å². The number of hydrogen-bond donors (Lipinski definition) is 0. The second-order valence-corrected chi connectivity index (χ2v) is 5.93. The molecule has 1 aliphatic carbocycles. The first-order chi connectivity index (χ1) is 9.79. The molecule has 0 radical (unpaired) electrons. The molecular weight excluding hydrogens is 246 g/mol. The summed E-state index contributed by atoms with van der Waals surface area (Å²) in [5.41, 5.74) is 2.24. The van der Waals surface area contributed by atoms with Crippen LogP contribution in [0.15, 0.2) is 24.3 Å². The maximum Gasteiger partial charge on any atom is 0.113 e. The third kappa shape index (κ3) is 2.43. The Morgan fingerprint density at radius 3 is 2.80 bits per heavy atom. The van der Waals surface area contributed by atoms with E-state index in [1.165, 1.54) is 43.4 Å². The fraction of sp³-hybridized carbons (Fsp3) is 0.529. The molecule has 1 aromatic carbocycles. The maximum atomic E-state index is 9.12. The van der Waals surface area contributed by atoms with Crippen molar-refractivity contribution >= 4 is 11.0 Å². The van der Waals surface area contributed by atoms with E-state index in [0.29, 0.717) is 5.92 Å². The first-order valence-corrected chi connectivity index (χ1v) is 7.64. The third-order valence-electron chi connectivity index (χ3n) is 4.33. The minimum absolute atomic E-state index is 0.0231. The Kier molecular flexibility index (Phi) is 3.73. The van der Waals surface area contributed by atoms with Gasteiger partial charge in [0.15, 0.2) is 0 Å². The minimum Gasteiger partial charge on any atom is -0.326 e. The fourth-order valence-electron chi connectivity index (χ4n) is 3.27. The van der Waals surface area contributed by atoms with Crippen LogP contribution in [-0.2, 0) is 6.54 Å². The SMILES string of the molecule is CC(C#N)Cn1c(C2CCCCC2)nc2ccccc21. The van der Waals surface area contributed by atoms with Gasteiger partial charge in [-0.1, -0.05) is 31.4 Å². The van der Waals surface area contributed by atoms with Crippen molar-refractivity contribution in [3.63, 3.8) is 0 Å². The van der Waals surface area contributed by atoms with E-state index in [9.17, 15) is 0 Å². The topological polar surface area (TPSA) is 41.6 Å². The molecule has 0 amide bonds. The van der Waals surface area contributed by atoms with Crippen molar-refractivity contribution in [2.24, 2.45) is 5.92 Å². The van der Waals surface area contributed by atoms with Crippen LogP contribution in [-0.4, -0.2) is 9.55 Å². The molecule has 104 valence electrons. The highest BCUT2D eigenvalue weighted by Crippen LogP contribution is 2.34. The van der Waals surface area contributed by atoms with Gasteiger partial charge in [0.2, 0.25) is 0 Å². The molecular formula is C17H21N3. The molecule has 3 nitrogen and oxygen atoms in total. The molecule has 1 unspecified atom stereocenters. The molecule has 0 spiro atoms. The van der Waals surface area contributed by atoms with Crippen molar-refractivity contribution in [2.45, 2.75) is 51.5 Å². The Balaban J connectivity index is 2.04. The van der Waals surface area contributed by atoms with E-state index in [1.54, 1.807) is 0 Å². The first-order valence-electron chi connectivity index (χ1n) is 7.64. The Morgan fingerprint density at radius 1 is 1.30 bits per heavy atom. The number of hydrogen-bond acceptors (Lipinski definition) is 2. The molecule has 0 saturated heterocycles. The van der Waals surface area contributed by atoms with Crippen LogP contribution in [0, 0.1) is 17.2 Å². The highest BCUT2D eigenvalue weighted by atomic mass is 15.1. The van der Waals surface area contributed by atoms with Crippen molar-refractivity contribution in [3.05, 3.63) is 30.1 Å². The number of nitriles is 1. The zero-order valence-corrected chi connectivity index (χ0v) is 12.0. The van der Waals surface area contributed by atoms with Gasteiger partial charge in [-0.2, -0.15) is 5.26 Å². The standard InChI is InChI=1S/C17H21N3/c1-13(11-18)12-20-16-10-6-5-9-15(16)19-17(20)14-7-3-2-4-8-14/h5-6,9-10,13-14H,2-4,7-8,12H2,1H3. The zero-order chi connectivity index (χ0) is 13.9. The monoisotopic (exact) mass is 267 g/mol. The number of fused-ring (bicyclic) bond motifs is 1. The van der Waals surface area contributed by atoms with Gasteiger partial charge in [-0.3, -0.25) is 0 Å². The smallest absolute Gasteiger partial charge is 0.113 e. The predicted octanol–water partition coefficient (Wildman–Crippen LogP) is 4.24. The molecule has 1 aliphatic rings. The molecule has 1 saturated carbocycles. The zero-order valence-electron chi connectivity index (χ0n) is 12.0. The quantitative estimate of drug-likeness (QED) is 0.834. The maximum absolute atomic E-state index is 9.12. The summed E-state index contributed by atoms with van der Waals surface area (Å²) >= 11 is 0. The molecule has 1 fully saturated rings. The van der Waals surface area contributed by atoms with E-state index in [0.717, 1.165) is 12.1 Å². The summed E-state index contributed by atoms with van der Waals surface area (Å²) in [5.74, 6) is 1.80. The number of imidazole rings is 1. The van der Waals surface area contributed by atoms with Crippen molar-refractivity contribution in [3.8, 4) is 6.07 Å². The van der Waals surface area contributed by atoms with Gasteiger partial charge >= 0.3 is 0 Å². The summed E-state index contributed by atoms with van der Waals surface area (Å²) in [5, 5.41) is 9.12. The van der Waals surface area contributed by atoms with Gasteiger partial charge in [-0.15, -0.1) is 0 Å². The Labute approximate surface area is 120 Å². The van der Waals surface area contributed by atoms with Gasteiger partial charge in [0.25, 0.3) is 0 Å². The van der Waals surface area contributed by atoms with Crippen LogP contribution in [0.3, 0.4) is 0 Å². The normalized spacial score (nSPS) is 18.0. The van der Waals surface area contributed by atoms with Crippen LogP contribution in [0.2, 0.25) is 0 Å². The molecule has 3 rings (SSSR count). The summed E-state index contributed by atoms with van der Waals surface area (Å²) in [7, 11) is 0. The van der Waals surface area contributed by atoms with E-state index >= 15 is 0 Å². The van der Waals surface area contributed by atoms with Gasteiger partial charge in [0.1, 0.15) is 5.82 Å². The van der Waals surface area contributed by atoms with Gasteiger partial charge in [-0.05, 0) is 31.9 Å². The second kappa shape index (κ2) is 5.66. The van der Waals surface area contributed by atoms with E-state index < -0.39 is 0 Å². The van der Waals surface area contributed by atoms with Crippen LogP contribution >= 0.6 is 0 Å². The number of rotatable bonds is 3. The van der Waals surface area contributed by atoms with Gasteiger partial charge in [-0.25, -0.2) is 4.98 Å². The molecule has 0 N–H and O–H groups in total. The number of benzene rings is 1. The lowest BCUT2D eigenvalue weighted by Crippen LogP contribution is -2.15.